The minimum absolute atomic E-state index is 0.0230. The van der Waals surface area contributed by atoms with Crippen LogP contribution >= 0.6 is 0 Å². The summed E-state index contributed by atoms with van der Waals surface area (Å²) in [5.41, 5.74) is 0. The van der Waals surface area contributed by atoms with Gasteiger partial charge >= 0.3 is 0 Å². The molecule has 0 aromatic carbocycles. The fraction of sp³-hybridized carbons (Fsp3) is 0.984. The lowest BCUT2D eigenvalue weighted by Crippen LogP contribution is -2.45. The third-order valence-electron chi connectivity index (χ3n) is 14.9. The Hall–Kier alpha value is -0.610. The average molecular weight is 919 g/mol. The van der Waals surface area contributed by atoms with Crippen LogP contribution in [-0.4, -0.2) is 34.9 Å². The first-order valence-electron chi connectivity index (χ1n) is 30.7. The molecule has 2 unspecified atom stereocenters. The molecule has 0 saturated heterocycles. The summed E-state index contributed by atoms with van der Waals surface area (Å²) in [7, 11) is 0. The van der Waals surface area contributed by atoms with Gasteiger partial charge in [0.05, 0.1) is 18.8 Å². The highest BCUT2D eigenvalue weighted by atomic mass is 16.3. The number of rotatable bonds is 58. The van der Waals surface area contributed by atoms with Gasteiger partial charge in [-0.2, -0.15) is 0 Å². The third-order valence-corrected chi connectivity index (χ3v) is 14.9. The van der Waals surface area contributed by atoms with E-state index in [1.54, 1.807) is 0 Å². The first kappa shape index (κ1) is 64.4. The van der Waals surface area contributed by atoms with E-state index in [2.05, 4.69) is 19.2 Å². The van der Waals surface area contributed by atoms with Gasteiger partial charge in [-0.3, -0.25) is 4.79 Å². The number of amides is 1. The van der Waals surface area contributed by atoms with E-state index >= 15 is 0 Å². The van der Waals surface area contributed by atoms with Gasteiger partial charge in [-0.25, -0.2) is 0 Å². The van der Waals surface area contributed by atoms with Gasteiger partial charge in [0, 0.05) is 6.42 Å². The van der Waals surface area contributed by atoms with E-state index in [0.29, 0.717) is 12.8 Å². The molecule has 0 spiro atoms. The molecule has 0 fully saturated rings. The van der Waals surface area contributed by atoms with Crippen molar-refractivity contribution in [1.29, 1.82) is 0 Å². The average Bonchev–Trinajstić information content (AvgIpc) is 3.31. The van der Waals surface area contributed by atoms with Crippen molar-refractivity contribution in [3.63, 3.8) is 0 Å². The summed E-state index contributed by atoms with van der Waals surface area (Å²) >= 11 is 0. The zero-order valence-corrected chi connectivity index (χ0v) is 45.1. The van der Waals surface area contributed by atoms with Crippen molar-refractivity contribution >= 4 is 5.91 Å². The summed E-state index contributed by atoms with van der Waals surface area (Å²) in [5, 5.41) is 23.3. The molecule has 0 aromatic rings. The Balaban J connectivity index is 3.29. The van der Waals surface area contributed by atoms with Crippen LogP contribution < -0.4 is 5.32 Å². The number of aliphatic hydroxyl groups is 2. The molecular formula is C61H123NO3. The second-order valence-electron chi connectivity index (χ2n) is 21.5. The lowest BCUT2D eigenvalue weighted by Gasteiger charge is -2.22. The normalized spacial score (nSPS) is 12.6. The van der Waals surface area contributed by atoms with E-state index in [-0.39, 0.29) is 12.5 Å². The molecule has 0 aliphatic rings. The molecule has 0 heterocycles. The number of nitrogens with one attached hydrogen (secondary N) is 1. The van der Waals surface area contributed by atoms with Crippen molar-refractivity contribution in [2.24, 2.45) is 0 Å². The molecule has 390 valence electrons. The summed E-state index contributed by atoms with van der Waals surface area (Å²) in [6, 6.07) is -0.530. The van der Waals surface area contributed by atoms with Crippen molar-refractivity contribution in [3.05, 3.63) is 0 Å². The van der Waals surface area contributed by atoms with Gasteiger partial charge < -0.3 is 15.5 Å². The van der Waals surface area contributed by atoms with Crippen LogP contribution in [0.1, 0.15) is 367 Å². The SMILES string of the molecule is CCCCCCCCCCCCCCCCCCCCCCCCCCCCCCCCCCCCCCCCCCC(=O)NC(CO)C(O)CCCCCCCCCCCCCCC. The van der Waals surface area contributed by atoms with Crippen LogP contribution in [0, 0.1) is 0 Å². The first-order chi connectivity index (χ1) is 32.2. The molecule has 4 heteroatoms. The number of hydrogen-bond acceptors (Lipinski definition) is 3. The minimum Gasteiger partial charge on any atom is -0.394 e. The van der Waals surface area contributed by atoms with Gasteiger partial charge in [0.1, 0.15) is 0 Å². The minimum atomic E-state index is -0.654. The maximum Gasteiger partial charge on any atom is 0.220 e. The predicted molar refractivity (Wildman–Crippen MR) is 290 cm³/mol. The monoisotopic (exact) mass is 918 g/mol. The fourth-order valence-corrected chi connectivity index (χ4v) is 10.2. The predicted octanol–water partition coefficient (Wildman–Crippen LogP) is 20.3. The maximum absolute atomic E-state index is 12.5. The highest BCUT2D eigenvalue weighted by molar-refractivity contribution is 5.76. The molecule has 3 N–H and O–H groups in total. The number of aliphatic hydroxyl groups excluding tert-OH is 2. The van der Waals surface area contributed by atoms with Crippen molar-refractivity contribution in [3.8, 4) is 0 Å². The Labute approximate surface area is 410 Å². The molecule has 1 amide bonds. The number of carbonyl (C=O) groups excluding carboxylic acids is 1. The second-order valence-corrected chi connectivity index (χ2v) is 21.5. The van der Waals surface area contributed by atoms with Gasteiger partial charge in [0.2, 0.25) is 5.91 Å². The smallest absolute Gasteiger partial charge is 0.220 e. The van der Waals surface area contributed by atoms with Crippen molar-refractivity contribution in [2.45, 2.75) is 379 Å². The Morgan fingerprint density at radius 1 is 0.308 bits per heavy atom. The molecule has 2 atom stereocenters. The molecular weight excluding hydrogens is 795 g/mol. The fourth-order valence-electron chi connectivity index (χ4n) is 10.2. The van der Waals surface area contributed by atoms with Crippen LogP contribution in [0.3, 0.4) is 0 Å². The highest BCUT2D eigenvalue weighted by Crippen LogP contribution is 2.19. The second kappa shape index (κ2) is 57.7. The zero-order chi connectivity index (χ0) is 47.0. The number of unbranched alkanes of at least 4 members (excludes halogenated alkanes) is 51. The van der Waals surface area contributed by atoms with Gasteiger partial charge in [-0.05, 0) is 12.8 Å². The van der Waals surface area contributed by atoms with Crippen molar-refractivity contribution in [1.82, 2.24) is 5.32 Å². The summed E-state index contributed by atoms with van der Waals surface area (Å²) in [4.78, 5) is 12.5. The van der Waals surface area contributed by atoms with Crippen LogP contribution in [0.25, 0.3) is 0 Å². The van der Waals surface area contributed by atoms with Gasteiger partial charge in [-0.1, -0.05) is 348 Å². The van der Waals surface area contributed by atoms with Crippen LogP contribution in [0.4, 0.5) is 0 Å². The molecule has 0 radical (unpaired) electrons. The Kier molecular flexibility index (Phi) is 57.2. The van der Waals surface area contributed by atoms with Gasteiger partial charge in [-0.15, -0.1) is 0 Å². The highest BCUT2D eigenvalue weighted by Gasteiger charge is 2.20. The van der Waals surface area contributed by atoms with E-state index in [1.807, 2.05) is 0 Å². The van der Waals surface area contributed by atoms with E-state index in [4.69, 9.17) is 0 Å². The number of carbonyl (C=O) groups is 1. The van der Waals surface area contributed by atoms with Crippen LogP contribution in [-0.2, 0) is 4.79 Å². The summed E-state index contributed by atoms with van der Waals surface area (Å²) in [6.07, 6.45) is 74.3. The lowest BCUT2D eigenvalue weighted by molar-refractivity contribution is -0.123. The molecule has 0 aromatic heterocycles. The topological polar surface area (TPSA) is 69.6 Å². The number of hydrogen-bond donors (Lipinski definition) is 3. The van der Waals surface area contributed by atoms with E-state index in [9.17, 15) is 15.0 Å². The maximum atomic E-state index is 12.5. The lowest BCUT2D eigenvalue weighted by atomic mass is 10.0. The zero-order valence-electron chi connectivity index (χ0n) is 45.1. The van der Waals surface area contributed by atoms with Crippen molar-refractivity contribution in [2.75, 3.05) is 6.61 Å². The van der Waals surface area contributed by atoms with Gasteiger partial charge in [0.15, 0.2) is 0 Å². The molecule has 0 rings (SSSR count). The molecule has 0 aliphatic carbocycles. The summed E-state index contributed by atoms with van der Waals surface area (Å²) < 4.78 is 0. The van der Waals surface area contributed by atoms with Crippen LogP contribution in [0.5, 0.6) is 0 Å². The summed E-state index contributed by atoms with van der Waals surface area (Å²) in [5.74, 6) is -0.0230. The largest absolute Gasteiger partial charge is 0.394 e. The van der Waals surface area contributed by atoms with Gasteiger partial charge in [0.25, 0.3) is 0 Å². The Bertz CT molecular complexity index is 864. The standard InChI is InChI=1S/C61H123NO3/c1-3-5-7-9-11-13-15-17-18-19-20-21-22-23-24-25-26-27-28-29-30-31-32-33-34-35-36-37-38-39-40-41-42-43-45-47-49-51-53-55-57-61(65)62-59(58-63)60(64)56-54-52-50-48-46-44-16-14-12-10-8-6-4-2/h59-60,63-64H,3-58H2,1-2H3,(H,62,65). The van der Waals surface area contributed by atoms with Crippen LogP contribution in [0.15, 0.2) is 0 Å². The third kappa shape index (κ3) is 54.2. The Morgan fingerprint density at radius 2 is 0.492 bits per heavy atom. The van der Waals surface area contributed by atoms with Crippen LogP contribution in [0.2, 0.25) is 0 Å². The van der Waals surface area contributed by atoms with E-state index in [1.165, 1.54) is 315 Å². The molecule has 0 saturated carbocycles. The molecule has 65 heavy (non-hydrogen) atoms. The van der Waals surface area contributed by atoms with Crippen molar-refractivity contribution < 1.29 is 15.0 Å². The van der Waals surface area contributed by atoms with E-state index in [0.717, 1.165) is 25.7 Å². The van der Waals surface area contributed by atoms with E-state index < -0.39 is 12.1 Å². The first-order valence-corrected chi connectivity index (χ1v) is 30.7. The molecule has 4 nitrogen and oxygen atoms in total. The molecule has 0 bridgehead atoms. The molecule has 0 aliphatic heterocycles. The Morgan fingerprint density at radius 3 is 0.692 bits per heavy atom. The summed E-state index contributed by atoms with van der Waals surface area (Å²) in [6.45, 7) is 4.39. The quantitative estimate of drug-likeness (QED) is 0.0533.